The van der Waals surface area contributed by atoms with E-state index in [9.17, 15) is 13.6 Å². The van der Waals surface area contributed by atoms with Gasteiger partial charge in [-0.3, -0.25) is 0 Å². The second-order valence-electron chi connectivity index (χ2n) is 8.06. The standard InChI is InChI=1S/C25H20Cl3F2NO4S.H2O/c26-17-3-1-2-4-23(17)36-25(32)35-21(10-16-18(27)11-31-12-19(16)28)15-7-8-20(34-24(29)30)22(9-15)33-13-14-5-6-14;/h1-4,7-9,11-12,14,21,24H,5-6,10,13H2;1H2/t21-;/m0./s1. The van der Waals surface area contributed by atoms with Gasteiger partial charge in [0.25, 0.3) is 0 Å². The predicted molar refractivity (Wildman–Crippen MR) is 136 cm³/mol. The smallest absolute Gasteiger partial charge is 0.387 e. The third kappa shape index (κ3) is 8.35. The van der Waals surface area contributed by atoms with Crippen molar-refractivity contribution in [2.45, 2.75) is 36.9 Å². The van der Waals surface area contributed by atoms with Gasteiger partial charge in [0.05, 0.1) is 11.6 Å². The first-order chi connectivity index (χ1) is 17.3. The van der Waals surface area contributed by atoms with Gasteiger partial charge >= 0.3 is 11.9 Å². The van der Waals surface area contributed by atoms with Gasteiger partial charge in [0, 0.05) is 16.9 Å². The Balaban J connectivity index is 0.00000380. The molecule has 0 spiro atoms. The van der Waals surface area contributed by atoms with Crippen molar-refractivity contribution in [2.24, 2.45) is 5.92 Å². The number of H-pyrrole nitrogens is 1. The molecule has 0 aliphatic heterocycles. The van der Waals surface area contributed by atoms with Crippen LogP contribution in [0.2, 0.25) is 15.1 Å². The van der Waals surface area contributed by atoms with Crippen LogP contribution in [0.5, 0.6) is 11.5 Å². The van der Waals surface area contributed by atoms with Crippen molar-refractivity contribution in [3.05, 3.63) is 81.1 Å². The van der Waals surface area contributed by atoms with Crippen molar-refractivity contribution in [2.75, 3.05) is 6.61 Å². The van der Waals surface area contributed by atoms with Crippen molar-refractivity contribution in [1.82, 2.24) is 0 Å². The molecule has 2 N–H and O–H groups in total. The third-order valence-electron chi connectivity index (χ3n) is 5.38. The molecule has 0 radical (unpaired) electrons. The molecule has 0 saturated heterocycles. The van der Waals surface area contributed by atoms with Crippen LogP contribution >= 0.6 is 46.6 Å². The van der Waals surface area contributed by atoms with Crippen molar-refractivity contribution in [1.29, 1.82) is 0 Å². The zero-order valence-corrected chi connectivity index (χ0v) is 22.2. The molecule has 12 heteroatoms. The van der Waals surface area contributed by atoms with Gasteiger partial charge in [0.1, 0.15) is 16.1 Å². The van der Waals surface area contributed by atoms with Crippen molar-refractivity contribution in [3.8, 4) is 11.5 Å². The summed E-state index contributed by atoms with van der Waals surface area (Å²) in [6.07, 6.45) is 4.42. The molecule has 1 aliphatic rings. The highest BCUT2D eigenvalue weighted by Gasteiger charge is 2.26. The first kappa shape index (κ1) is 29.3. The number of thioether (sulfide) groups is 1. The van der Waals surface area contributed by atoms with Crippen LogP contribution in [0.15, 0.2) is 59.8 Å². The highest BCUT2D eigenvalue weighted by Crippen LogP contribution is 2.39. The van der Waals surface area contributed by atoms with Crippen LogP contribution in [0.25, 0.3) is 0 Å². The topological polar surface area (TPSA) is 88.9 Å². The first-order valence-electron chi connectivity index (χ1n) is 11.0. The fourth-order valence-corrected chi connectivity index (χ4v) is 4.80. The maximum absolute atomic E-state index is 13.0. The van der Waals surface area contributed by atoms with Crippen LogP contribution in [-0.2, 0) is 11.2 Å². The molecule has 0 bridgehead atoms. The monoisotopic (exact) mass is 591 g/mol. The molecule has 37 heavy (non-hydrogen) atoms. The molecular formula is C25H22Cl3F2NO5S. The van der Waals surface area contributed by atoms with Crippen LogP contribution in [0.3, 0.4) is 0 Å². The normalized spacial score (nSPS) is 13.6. The minimum Gasteiger partial charge on any atom is -0.870 e. The first-order valence-corrected chi connectivity index (χ1v) is 12.9. The zero-order valence-electron chi connectivity index (χ0n) is 19.1. The molecule has 4 rings (SSSR count). The van der Waals surface area contributed by atoms with Gasteiger partial charge in [-0.1, -0.05) is 53.0 Å². The summed E-state index contributed by atoms with van der Waals surface area (Å²) in [4.78, 5) is 16.2. The Bertz CT molecular complexity index is 1210. The SMILES string of the molecule is O=C(O[C@@H](Cc1c(Cl)c[nH+]cc1Cl)c1ccc(OC(F)F)c(OCC2CC2)c1)Sc1ccccc1Cl.[OH-]. The van der Waals surface area contributed by atoms with Crippen LogP contribution < -0.4 is 14.5 Å². The Morgan fingerprint density at radius 1 is 1.03 bits per heavy atom. The number of pyridine rings is 1. The molecule has 1 aromatic heterocycles. The third-order valence-corrected chi connectivity index (χ3v) is 7.34. The van der Waals surface area contributed by atoms with E-state index >= 15 is 0 Å². The van der Waals surface area contributed by atoms with Gasteiger partial charge in [0.2, 0.25) is 0 Å². The van der Waals surface area contributed by atoms with Gasteiger partial charge in [-0.15, -0.1) is 0 Å². The second kappa shape index (κ2) is 13.5. The van der Waals surface area contributed by atoms with E-state index in [0.29, 0.717) is 43.6 Å². The number of ether oxygens (including phenoxy) is 3. The lowest BCUT2D eigenvalue weighted by molar-refractivity contribution is -0.377. The molecule has 2 aromatic carbocycles. The van der Waals surface area contributed by atoms with E-state index in [1.165, 1.54) is 18.2 Å². The number of hydrogen-bond donors (Lipinski definition) is 0. The van der Waals surface area contributed by atoms with Crippen molar-refractivity contribution < 1.29 is 38.2 Å². The van der Waals surface area contributed by atoms with E-state index in [1.807, 2.05) is 0 Å². The van der Waals surface area contributed by atoms with E-state index in [4.69, 9.17) is 44.3 Å². The molecule has 6 nitrogen and oxygen atoms in total. The van der Waals surface area contributed by atoms with E-state index in [0.717, 1.165) is 24.6 Å². The number of aromatic nitrogens is 1. The Hall–Kier alpha value is -2.30. The average Bonchev–Trinajstić information content (AvgIpc) is 3.66. The molecule has 1 fully saturated rings. The van der Waals surface area contributed by atoms with Gasteiger partial charge in [-0.2, -0.15) is 8.78 Å². The molecule has 1 saturated carbocycles. The number of rotatable bonds is 10. The summed E-state index contributed by atoms with van der Waals surface area (Å²) in [5.41, 5.74) is 1.04. The lowest BCUT2D eigenvalue weighted by Gasteiger charge is -2.21. The maximum Gasteiger partial charge on any atom is 0.387 e. The van der Waals surface area contributed by atoms with Gasteiger partial charge in [-0.25, -0.2) is 9.78 Å². The summed E-state index contributed by atoms with van der Waals surface area (Å²) < 4.78 is 42.2. The van der Waals surface area contributed by atoms with Gasteiger partial charge < -0.3 is 19.7 Å². The number of benzene rings is 2. The number of nitrogens with one attached hydrogen (secondary N) is 1. The Morgan fingerprint density at radius 3 is 2.38 bits per heavy atom. The summed E-state index contributed by atoms with van der Waals surface area (Å²) in [7, 11) is 0. The molecule has 1 heterocycles. The summed E-state index contributed by atoms with van der Waals surface area (Å²) >= 11 is 19.7. The molecule has 3 aromatic rings. The molecule has 0 amide bonds. The minimum atomic E-state index is -3.02. The Labute approximate surface area is 231 Å². The van der Waals surface area contributed by atoms with Crippen LogP contribution in [-0.4, -0.2) is 24.0 Å². The number of alkyl halides is 2. The Kier molecular flexibility index (Phi) is 10.7. The number of halogens is 5. The number of carbonyl (C=O) groups excluding carboxylic acids is 1. The van der Waals surface area contributed by atoms with Crippen LogP contribution in [0.1, 0.15) is 30.1 Å². The fraction of sp³-hybridized carbons (Fsp3) is 0.280. The maximum atomic E-state index is 13.0. The van der Waals surface area contributed by atoms with Crippen molar-refractivity contribution >= 4 is 51.9 Å². The fourth-order valence-electron chi connectivity index (χ4n) is 3.36. The molecule has 1 aliphatic carbocycles. The second-order valence-corrected chi connectivity index (χ2v) is 10.3. The molecule has 198 valence electrons. The molecular weight excluding hydrogens is 571 g/mol. The predicted octanol–water partition coefficient (Wildman–Crippen LogP) is 7.89. The zero-order chi connectivity index (χ0) is 25.7. The van der Waals surface area contributed by atoms with Crippen molar-refractivity contribution in [3.63, 3.8) is 0 Å². The van der Waals surface area contributed by atoms with Crippen LogP contribution in [0, 0.1) is 5.92 Å². The van der Waals surface area contributed by atoms with Crippen LogP contribution in [0.4, 0.5) is 13.6 Å². The minimum absolute atomic E-state index is 0. The summed E-state index contributed by atoms with van der Waals surface area (Å²) in [6.45, 7) is -2.64. The summed E-state index contributed by atoms with van der Waals surface area (Å²) in [5.74, 6) is 0.417. The highest BCUT2D eigenvalue weighted by molar-refractivity contribution is 8.13. The van der Waals surface area contributed by atoms with E-state index in [2.05, 4.69) is 9.72 Å². The van der Waals surface area contributed by atoms with E-state index in [-0.39, 0.29) is 23.4 Å². The van der Waals surface area contributed by atoms with Gasteiger partial charge in [-0.05, 0) is 60.4 Å². The number of carbonyl (C=O) groups is 1. The Morgan fingerprint density at radius 2 is 1.73 bits per heavy atom. The van der Waals surface area contributed by atoms with Gasteiger partial charge in [0.15, 0.2) is 23.9 Å². The van der Waals surface area contributed by atoms with E-state index < -0.39 is 18.0 Å². The highest BCUT2D eigenvalue weighted by atomic mass is 35.5. The number of aromatic amines is 1. The lowest BCUT2D eigenvalue weighted by atomic mass is 10.0. The molecule has 0 unspecified atom stereocenters. The number of hydrogen-bond acceptors (Lipinski definition) is 6. The summed E-state index contributed by atoms with van der Waals surface area (Å²) in [5, 5.41) is 0.497. The summed E-state index contributed by atoms with van der Waals surface area (Å²) in [6, 6.07) is 11.3. The largest absolute Gasteiger partial charge is 0.870 e. The van der Waals surface area contributed by atoms with E-state index in [1.54, 1.807) is 36.7 Å². The quantitative estimate of drug-likeness (QED) is 0.176. The lowest BCUT2D eigenvalue weighted by Crippen LogP contribution is -2.14. The molecule has 1 atom stereocenters. The average molecular weight is 593 g/mol.